The highest BCUT2D eigenvalue weighted by Gasteiger charge is 2.31. The lowest BCUT2D eigenvalue weighted by atomic mass is 10.1. The Morgan fingerprint density at radius 2 is 2.18 bits per heavy atom. The summed E-state index contributed by atoms with van der Waals surface area (Å²) in [6.07, 6.45) is 0.589. The van der Waals surface area contributed by atoms with Gasteiger partial charge in [-0.3, -0.25) is 9.59 Å². The molecule has 0 aliphatic rings. The fourth-order valence-corrected chi connectivity index (χ4v) is 0.631. The van der Waals surface area contributed by atoms with Gasteiger partial charge in [-0.15, -0.1) is 0 Å². The Bertz CT molecular complexity index is 167. The second kappa shape index (κ2) is 3.76. The van der Waals surface area contributed by atoms with Crippen LogP contribution >= 0.6 is 12.6 Å². The van der Waals surface area contributed by atoms with Gasteiger partial charge in [0.15, 0.2) is 11.9 Å². The van der Waals surface area contributed by atoms with Crippen LogP contribution in [0.1, 0.15) is 20.8 Å². The second-order valence-electron chi connectivity index (χ2n) is 2.57. The van der Waals surface area contributed by atoms with Crippen molar-refractivity contribution >= 4 is 24.9 Å². The zero-order valence-electron chi connectivity index (χ0n) is 6.83. The quantitative estimate of drug-likeness (QED) is 0.393. The van der Waals surface area contributed by atoms with Crippen LogP contribution in [0.15, 0.2) is 0 Å². The number of esters is 1. The number of carbonyl (C=O) groups is 2. The minimum atomic E-state index is -1.10. The largest absolute Gasteiger partial charge is 0.451 e. The van der Waals surface area contributed by atoms with E-state index in [-0.39, 0.29) is 5.25 Å². The minimum Gasteiger partial charge on any atom is -0.451 e. The third-order valence-electron chi connectivity index (χ3n) is 1.43. The van der Waals surface area contributed by atoms with E-state index in [9.17, 15) is 9.59 Å². The Morgan fingerprint density at radius 1 is 1.73 bits per heavy atom. The number of rotatable bonds is 3. The summed E-state index contributed by atoms with van der Waals surface area (Å²) in [7, 11) is 0. The van der Waals surface area contributed by atoms with Gasteiger partial charge in [0.2, 0.25) is 0 Å². The first-order valence-electron chi connectivity index (χ1n) is 3.26. The standard InChI is InChI=1S/C7H12O3S/c1-5(11)7(3,4-8)10-6(2)9/h4-5,11H,1-3H3. The van der Waals surface area contributed by atoms with E-state index in [1.54, 1.807) is 6.92 Å². The predicted molar refractivity (Wildman–Crippen MR) is 44.7 cm³/mol. The van der Waals surface area contributed by atoms with Gasteiger partial charge in [-0.05, 0) is 13.8 Å². The summed E-state index contributed by atoms with van der Waals surface area (Å²) in [6.45, 7) is 4.48. The number of ether oxygens (including phenoxy) is 1. The molecule has 0 heterocycles. The number of hydrogen-bond acceptors (Lipinski definition) is 4. The Labute approximate surface area is 71.5 Å². The van der Waals surface area contributed by atoms with E-state index in [1.165, 1.54) is 13.8 Å². The van der Waals surface area contributed by atoms with Gasteiger partial charge in [0.1, 0.15) is 0 Å². The molecule has 0 saturated carbocycles. The van der Waals surface area contributed by atoms with Gasteiger partial charge in [-0.2, -0.15) is 12.6 Å². The van der Waals surface area contributed by atoms with E-state index in [2.05, 4.69) is 12.6 Å². The minimum absolute atomic E-state index is 0.302. The van der Waals surface area contributed by atoms with Crippen LogP contribution in [0.2, 0.25) is 0 Å². The fourth-order valence-electron chi connectivity index (χ4n) is 0.517. The molecule has 0 aromatic rings. The maximum absolute atomic E-state index is 10.5. The van der Waals surface area contributed by atoms with Gasteiger partial charge in [0.25, 0.3) is 0 Å². The number of thiol groups is 1. The third-order valence-corrected chi connectivity index (χ3v) is 1.94. The molecule has 2 atom stereocenters. The average Bonchev–Trinajstić information content (AvgIpc) is 1.86. The summed E-state index contributed by atoms with van der Waals surface area (Å²) in [5, 5.41) is -0.302. The zero-order chi connectivity index (χ0) is 9.07. The molecule has 0 saturated heterocycles. The van der Waals surface area contributed by atoms with Crippen molar-refractivity contribution < 1.29 is 14.3 Å². The lowest BCUT2D eigenvalue weighted by molar-refractivity contribution is -0.158. The molecule has 0 aromatic heterocycles. The molecular formula is C7H12O3S. The van der Waals surface area contributed by atoms with E-state index in [1.807, 2.05) is 0 Å². The van der Waals surface area contributed by atoms with Crippen LogP contribution < -0.4 is 0 Å². The van der Waals surface area contributed by atoms with Crippen molar-refractivity contribution in [2.45, 2.75) is 31.6 Å². The monoisotopic (exact) mass is 176 g/mol. The van der Waals surface area contributed by atoms with Crippen molar-refractivity contribution in [1.82, 2.24) is 0 Å². The first kappa shape index (κ1) is 10.5. The summed E-state index contributed by atoms with van der Waals surface area (Å²) in [5.41, 5.74) is -1.10. The van der Waals surface area contributed by atoms with Crippen LogP contribution in [-0.4, -0.2) is 23.1 Å². The van der Waals surface area contributed by atoms with Crippen LogP contribution in [0.3, 0.4) is 0 Å². The molecule has 4 heteroatoms. The van der Waals surface area contributed by atoms with E-state index < -0.39 is 11.6 Å². The first-order chi connectivity index (χ1) is 4.92. The molecule has 2 unspecified atom stereocenters. The summed E-state index contributed by atoms with van der Waals surface area (Å²) in [6, 6.07) is 0. The number of aldehydes is 1. The topological polar surface area (TPSA) is 43.4 Å². The molecule has 0 aromatic carbocycles. The van der Waals surface area contributed by atoms with Crippen LogP contribution in [-0.2, 0) is 14.3 Å². The molecule has 0 N–H and O–H groups in total. The highest BCUT2D eigenvalue weighted by atomic mass is 32.1. The van der Waals surface area contributed by atoms with E-state index in [0.29, 0.717) is 6.29 Å². The molecule has 0 spiro atoms. The van der Waals surface area contributed by atoms with E-state index in [4.69, 9.17) is 4.74 Å². The van der Waals surface area contributed by atoms with Crippen LogP contribution in [0.25, 0.3) is 0 Å². The fraction of sp³-hybridized carbons (Fsp3) is 0.714. The summed E-state index contributed by atoms with van der Waals surface area (Å²) in [5.74, 6) is -0.472. The van der Waals surface area contributed by atoms with Crippen molar-refractivity contribution in [3.63, 3.8) is 0 Å². The molecule has 0 amide bonds. The summed E-state index contributed by atoms with van der Waals surface area (Å²) < 4.78 is 4.77. The van der Waals surface area contributed by atoms with Gasteiger partial charge >= 0.3 is 5.97 Å². The molecule has 11 heavy (non-hydrogen) atoms. The van der Waals surface area contributed by atoms with Crippen molar-refractivity contribution in [2.75, 3.05) is 0 Å². The van der Waals surface area contributed by atoms with Gasteiger partial charge in [-0.25, -0.2) is 0 Å². The van der Waals surface area contributed by atoms with Crippen molar-refractivity contribution in [3.8, 4) is 0 Å². The average molecular weight is 176 g/mol. The smallest absolute Gasteiger partial charge is 0.303 e. The van der Waals surface area contributed by atoms with Crippen molar-refractivity contribution in [1.29, 1.82) is 0 Å². The number of carbonyl (C=O) groups excluding carboxylic acids is 2. The molecule has 0 aliphatic carbocycles. The Morgan fingerprint density at radius 3 is 2.27 bits per heavy atom. The predicted octanol–water partition coefficient (Wildman–Crippen LogP) is 0.825. The van der Waals surface area contributed by atoms with Crippen molar-refractivity contribution in [2.24, 2.45) is 0 Å². The SMILES string of the molecule is CC(=O)OC(C)(C=O)C(C)S. The van der Waals surface area contributed by atoms with E-state index in [0.717, 1.165) is 0 Å². The molecule has 0 rings (SSSR count). The van der Waals surface area contributed by atoms with Crippen molar-refractivity contribution in [3.05, 3.63) is 0 Å². The normalized spacial score (nSPS) is 18.2. The van der Waals surface area contributed by atoms with Crippen LogP contribution in [0.4, 0.5) is 0 Å². The zero-order valence-corrected chi connectivity index (χ0v) is 7.72. The highest BCUT2D eigenvalue weighted by Crippen LogP contribution is 2.17. The Balaban J connectivity index is 4.34. The first-order valence-corrected chi connectivity index (χ1v) is 3.78. The molecule has 0 aliphatic heterocycles. The van der Waals surface area contributed by atoms with Gasteiger partial charge < -0.3 is 4.74 Å². The van der Waals surface area contributed by atoms with Crippen LogP contribution in [0.5, 0.6) is 0 Å². The maximum atomic E-state index is 10.5. The molecule has 3 nitrogen and oxygen atoms in total. The molecule has 0 radical (unpaired) electrons. The van der Waals surface area contributed by atoms with E-state index >= 15 is 0 Å². The number of hydrogen-bond donors (Lipinski definition) is 1. The lowest BCUT2D eigenvalue weighted by Gasteiger charge is -2.25. The van der Waals surface area contributed by atoms with Crippen LogP contribution in [0, 0.1) is 0 Å². The molecular weight excluding hydrogens is 164 g/mol. The lowest BCUT2D eigenvalue weighted by Crippen LogP contribution is -2.40. The van der Waals surface area contributed by atoms with Gasteiger partial charge in [0.05, 0.1) is 0 Å². The summed E-state index contributed by atoms with van der Waals surface area (Å²) >= 11 is 4.02. The third kappa shape index (κ3) is 2.93. The highest BCUT2D eigenvalue weighted by molar-refractivity contribution is 7.81. The van der Waals surface area contributed by atoms with Gasteiger partial charge in [-0.1, -0.05) is 0 Å². The Kier molecular flexibility index (Phi) is 3.58. The molecule has 0 bridgehead atoms. The summed E-state index contributed by atoms with van der Waals surface area (Å²) in [4.78, 5) is 21.0. The second-order valence-corrected chi connectivity index (χ2v) is 3.35. The maximum Gasteiger partial charge on any atom is 0.303 e. The Hall–Kier alpha value is -0.510. The van der Waals surface area contributed by atoms with Gasteiger partial charge in [0, 0.05) is 12.2 Å². The molecule has 0 fully saturated rings. The molecule has 64 valence electrons.